The summed E-state index contributed by atoms with van der Waals surface area (Å²) < 4.78 is 1.93. The van der Waals surface area contributed by atoms with E-state index >= 15 is 0 Å². The zero-order chi connectivity index (χ0) is 16.2. The number of anilines is 2. The van der Waals surface area contributed by atoms with E-state index < -0.39 is 0 Å². The highest BCUT2D eigenvalue weighted by Gasteiger charge is 2.17. The van der Waals surface area contributed by atoms with Crippen LogP contribution in [-0.2, 0) is 7.05 Å². The molecule has 0 saturated carbocycles. The second-order valence-electron chi connectivity index (χ2n) is 5.78. The molecular weight excluding hydrogens is 310 g/mol. The molecule has 1 saturated heterocycles. The molecule has 124 valence electrons. The van der Waals surface area contributed by atoms with Crippen molar-refractivity contribution in [2.75, 3.05) is 35.6 Å². The van der Waals surface area contributed by atoms with Gasteiger partial charge in [0.2, 0.25) is 5.95 Å². The summed E-state index contributed by atoms with van der Waals surface area (Å²) in [6.45, 7) is 7.07. The highest BCUT2D eigenvalue weighted by molar-refractivity contribution is 7.99. The lowest BCUT2D eigenvalue weighted by Gasteiger charge is -2.18. The summed E-state index contributed by atoms with van der Waals surface area (Å²) in [4.78, 5) is 11.6. The molecule has 1 fully saturated rings. The normalized spacial score (nSPS) is 14.5. The quantitative estimate of drug-likeness (QED) is 0.640. The monoisotopic (exact) mass is 333 g/mol. The third-order valence-electron chi connectivity index (χ3n) is 4.06. The highest BCUT2D eigenvalue weighted by Crippen LogP contribution is 2.22. The Morgan fingerprint density at radius 1 is 1.22 bits per heavy atom. The van der Waals surface area contributed by atoms with Crippen LogP contribution in [0.2, 0.25) is 0 Å². The highest BCUT2D eigenvalue weighted by atomic mass is 32.2. The molecule has 1 aliphatic rings. The maximum atomic E-state index is 4.73. The first kappa shape index (κ1) is 16.0. The molecule has 0 aliphatic carbocycles. The lowest BCUT2D eigenvalue weighted by molar-refractivity contribution is 0.788. The standard InChI is InChI=1S/C15H23N7S/c1-11-12(2)18-14(22-7-4-5-8-22)19-13(11)16-6-9-23-15-20-17-10-21(15)3/h10H,4-9H2,1-3H3,(H,16,18,19). The van der Waals surface area contributed by atoms with Crippen molar-refractivity contribution in [1.29, 1.82) is 0 Å². The van der Waals surface area contributed by atoms with Crippen molar-refractivity contribution in [1.82, 2.24) is 24.7 Å². The Morgan fingerprint density at radius 3 is 2.70 bits per heavy atom. The van der Waals surface area contributed by atoms with Crippen LogP contribution < -0.4 is 10.2 Å². The molecule has 0 spiro atoms. The van der Waals surface area contributed by atoms with Gasteiger partial charge in [-0.05, 0) is 26.7 Å². The van der Waals surface area contributed by atoms with Crippen molar-refractivity contribution >= 4 is 23.5 Å². The number of thioether (sulfide) groups is 1. The number of hydrogen-bond donors (Lipinski definition) is 1. The molecule has 0 atom stereocenters. The molecule has 1 N–H and O–H groups in total. The first-order valence-electron chi connectivity index (χ1n) is 7.96. The number of hydrogen-bond acceptors (Lipinski definition) is 7. The van der Waals surface area contributed by atoms with Gasteiger partial charge >= 0.3 is 0 Å². The lowest BCUT2D eigenvalue weighted by atomic mass is 10.2. The van der Waals surface area contributed by atoms with Crippen LogP contribution >= 0.6 is 11.8 Å². The second kappa shape index (κ2) is 7.16. The Morgan fingerprint density at radius 2 is 2.00 bits per heavy atom. The third-order valence-corrected chi connectivity index (χ3v) is 5.10. The zero-order valence-corrected chi connectivity index (χ0v) is 14.7. The van der Waals surface area contributed by atoms with Crippen LogP contribution in [0.25, 0.3) is 0 Å². The molecule has 8 heteroatoms. The maximum absolute atomic E-state index is 4.73. The molecule has 0 radical (unpaired) electrons. The summed E-state index contributed by atoms with van der Waals surface area (Å²) >= 11 is 1.69. The minimum atomic E-state index is 0.828. The lowest BCUT2D eigenvalue weighted by Crippen LogP contribution is -2.22. The van der Waals surface area contributed by atoms with Crippen LogP contribution in [0.4, 0.5) is 11.8 Å². The van der Waals surface area contributed by atoms with E-state index in [2.05, 4.69) is 39.2 Å². The van der Waals surface area contributed by atoms with Gasteiger partial charge in [0.05, 0.1) is 0 Å². The Balaban J connectivity index is 1.61. The fourth-order valence-corrected chi connectivity index (χ4v) is 3.30. The van der Waals surface area contributed by atoms with Crippen molar-refractivity contribution in [2.24, 2.45) is 7.05 Å². The van der Waals surface area contributed by atoms with Crippen LogP contribution in [0.3, 0.4) is 0 Å². The van der Waals surface area contributed by atoms with Crippen LogP contribution in [0.15, 0.2) is 11.5 Å². The van der Waals surface area contributed by atoms with E-state index in [-0.39, 0.29) is 0 Å². The van der Waals surface area contributed by atoms with Gasteiger partial charge in [-0.25, -0.2) is 4.98 Å². The number of nitrogens with zero attached hydrogens (tertiary/aromatic N) is 6. The fourth-order valence-electron chi connectivity index (χ4n) is 2.56. The molecule has 1 aliphatic heterocycles. The second-order valence-corrected chi connectivity index (χ2v) is 6.84. The Kier molecular flexibility index (Phi) is 5.00. The predicted octanol–water partition coefficient (Wildman–Crippen LogP) is 2.03. The van der Waals surface area contributed by atoms with Gasteiger partial charge in [-0.2, -0.15) is 4.98 Å². The molecule has 0 bridgehead atoms. The molecular formula is C15H23N7S. The van der Waals surface area contributed by atoms with Crippen molar-refractivity contribution in [2.45, 2.75) is 31.8 Å². The average Bonchev–Trinajstić information content (AvgIpc) is 3.19. The third kappa shape index (κ3) is 3.74. The van der Waals surface area contributed by atoms with Crippen LogP contribution in [-0.4, -0.2) is 50.1 Å². The van der Waals surface area contributed by atoms with Gasteiger partial charge in [0.1, 0.15) is 12.1 Å². The largest absolute Gasteiger partial charge is 0.369 e. The molecule has 2 aromatic rings. The van der Waals surface area contributed by atoms with Gasteiger partial charge in [0.15, 0.2) is 5.16 Å². The molecule has 23 heavy (non-hydrogen) atoms. The van der Waals surface area contributed by atoms with Crippen LogP contribution in [0, 0.1) is 13.8 Å². The Hall–Kier alpha value is -1.83. The summed E-state index contributed by atoms with van der Waals surface area (Å²) in [6, 6.07) is 0. The summed E-state index contributed by atoms with van der Waals surface area (Å²) in [7, 11) is 1.95. The van der Waals surface area contributed by atoms with Crippen molar-refractivity contribution < 1.29 is 0 Å². The summed E-state index contributed by atoms with van der Waals surface area (Å²) in [5.74, 6) is 2.71. The van der Waals surface area contributed by atoms with Gasteiger partial charge in [-0.15, -0.1) is 10.2 Å². The van der Waals surface area contributed by atoms with Gasteiger partial charge in [-0.1, -0.05) is 11.8 Å². The SMILES string of the molecule is Cc1nc(N2CCCC2)nc(NCCSc2nncn2C)c1C. The Bertz CT molecular complexity index is 664. The van der Waals surface area contributed by atoms with Crippen molar-refractivity contribution in [3.63, 3.8) is 0 Å². The maximum Gasteiger partial charge on any atom is 0.227 e. The van der Waals surface area contributed by atoms with Gasteiger partial charge in [-0.3, -0.25) is 0 Å². The van der Waals surface area contributed by atoms with E-state index in [9.17, 15) is 0 Å². The summed E-state index contributed by atoms with van der Waals surface area (Å²) in [5.41, 5.74) is 2.17. The molecule has 0 aromatic carbocycles. The minimum Gasteiger partial charge on any atom is -0.369 e. The van der Waals surface area contributed by atoms with E-state index in [1.165, 1.54) is 12.8 Å². The summed E-state index contributed by atoms with van der Waals surface area (Å²) in [5, 5.41) is 12.3. The molecule has 0 amide bonds. The van der Waals surface area contributed by atoms with E-state index in [1.54, 1.807) is 18.1 Å². The van der Waals surface area contributed by atoms with Crippen molar-refractivity contribution in [3.8, 4) is 0 Å². The van der Waals surface area contributed by atoms with Crippen LogP contribution in [0.5, 0.6) is 0 Å². The van der Waals surface area contributed by atoms with Crippen LogP contribution in [0.1, 0.15) is 24.1 Å². The first-order valence-corrected chi connectivity index (χ1v) is 8.94. The first-order chi connectivity index (χ1) is 11.1. The van der Waals surface area contributed by atoms with E-state index in [1.807, 2.05) is 11.6 Å². The predicted molar refractivity (Wildman–Crippen MR) is 93.2 cm³/mol. The van der Waals surface area contributed by atoms with E-state index in [4.69, 9.17) is 4.98 Å². The summed E-state index contributed by atoms with van der Waals surface area (Å²) in [6.07, 6.45) is 4.18. The van der Waals surface area contributed by atoms with E-state index in [0.29, 0.717) is 0 Å². The molecule has 2 aromatic heterocycles. The number of nitrogens with one attached hydrogen (secondary N) is 1. The molecule has 3 rings (SSSR count). The van der Waals surface area contributed by atoms with Gasteiger partial charge in [0, 0.05) is 43.7 Å². The molecule has 7 nitrogen and oxygen atoms in total. The van der Waals surface area contributed by atoms with Gasteiger partial charge in [0.25, 0.3) is 0 Å². The smallest absolute Gasteiger partial charge is 0.227 e. The molecule has 0 unspecified atom stereocenters. The molecule has 3 heterocycles. The minimum absolute atomic E-state index is 0.828. The number of aromatic nitrogens is 5. The topological polar surface area (TPSA) is 71.8 Å². The van der Waals surface area contributed by atoms with Gasteiger partial charge < -0.3 is 14.8 Å². The Labute approximate surface area is 140 Å². The van der Waals surface area contributed by atoms with E-state index in [0.717, 1.165) is 53.6 Å². The average molecular weight is 333 g/mol. The fraction of sp³-hybridized carbons (Fsp3) is 0.600. The zero-order valence-electron chi connectivity index (χ0n) is 13.9. The number of aryl methyl sites for hydroxylation is 2. The number of rotatable bonds is 6. The van der Waals surface area contributed by atoms with Crippen molar-refractivity contribution in [3.05, 3.63) is 17.6 Å².